The molecule has 0 fully saturated rings. The molecule has 0 aliphatic rings. The number of halogens is 2. The van der Waals surface area contributed by atoms with Gasteiger partial charge in [-0.15, -0.1) is 0 Å². The van der Waals surface area contributed by atoms with Crippen LogP contribution in [0.15, 0.2) is 29.0 Å². The van der Waals surface area contributed by atoms with Gasteiger partial charge in [0.15, 0.2) is 0 Å². The van der Waals surface area contributed by atoms with Crippen LogP contribution in [-0.2, 0) is 6.42 Å². The van der Waals surface area contributed by atoms with Crippen molar-refractivity contribution in [3.63, 3.8) is 0 Å². The van der Waals surface area contributed by atoms with Gasteiger partial charge in [0.2, 0.25) is 5.88 Å². The van der Waals surface area contributed by atoms with E-state index in [-0.39, 0.29) is 0 Å². The van der Waals surface area contributed by atoms with Crippen molar-refractivity contribution in [2.24, 2.45) is 0 Å². The summed E-state index contributed by atoms with van der Waals surface area (Å²) in [5.74, 6) is 1.99. The van der Waals surface area contributed by atoms with Gasteiger partial charge in [0.25, 0.3) is 0 Å². The lowest BCUT2D eigenvalue weighted by Crippen LogP contribution is -2.02. The maximum atomic E-state index is 5.90. The van der Waals surface area contributed by atoms with Gasteiger partial charge in [-0.25, -0.2) is 9.97 Å². The number of benzene rings is 1. The Morgan fingerprint density at radius 3 is 2.79 bits per heavy atom. The minimum absolute atomic E-state index is 0.546. The molecule has 1 N–H and O–H groups in total. The van der Waals surface area contributed by atoms with Gasteiger partial charge in [0.1, 0.15) is 17.9 Å². The first-order valence-electron chi connectivity index (χ1n) is 5.80. The number of ether oxygens (including phenoxy) is 1. The van der Waals surface area contributed by atoms with E-state index >= 15 is 0 Å². The van der Waals surface area contributed by atoms with E-state index in [1.165, 1.54) is 6.33 Å². The standard InChI is InChI=1S/C13H13BrClN3O/c1-3-9-12(16-2)17-7-18-13(9)19-11-5-4-8(15)6-10(11)14/h4-7H,3H2,1-2H3,(H,16,17,18). The summed E-state index contributed by atoms with van der Waals surface area (Å²) < 4.78 is 6.62. The molecule has 0 aliphatic carbocycles. The van der Waals surface area contributed by atoms with Crippen LogP contribution < -0.4 is 10.1 Å². The SMILES string of the molecule is CCc1c(NC)ncnc1Oc1ccc(Cl)cc1Br. The number of rotatable bonds is 4. The van der Waals surface area contributed by atoms with E-state index in [4.69, 9.17) is 16.3 Å². The van der Waals surface area contributed by atoms with Crippen LogP contribution in [0, 0.1) is 0 Å². The van der Waals surface area contributed by atoms with Crippen molar-refractivity contribution in [2.45, 2.75) is 13.3 Å². The zero-order valence-corrected chi connectivity index (χ0v) is 12.9. The third-order valence-corrected chi connectivity index (χ3v) is 3.45. The molecule has 1 aromatic heterocycles. The maximum absolute atomic E-state index is 5.90. The van der Waals surface area contributed by atoms with Crippen LogP contribution in [0.1, 0.15) is 12.5 Å². The number of hydrogen-bond acceptors (Lipinski definition) is 4. The molecule has 0 amide bonds. The molecule has 0 spiro atoms. The lowest BCUT2D eigenvalue weighted by molar-refractivity contribution is 0.453. The number of nitrogens with zero attached hydrogens (tertiary/aromatic N) is 2. The third kappa shape index (κ3) is 3.16. The summed E-state index contributed by atoms with van der Waals surface area (Å²) in [4.78, 5) is 8.36. The molecule has 0 bridgehead atoms. The van der Waals surface area contributed by atoms with Gasteiger partial charge < -0.3 is 10.1 Å². The zero-order chi connectivity index (χ0) is 13.8. The summed E-state index contributed by atoms with van der Waals surface area (Å²) >= 11 is 9.32. The first-order chi connectivity index (χ1) is 9.15. The lowest BCUT2D eigenvalue weighted by Gasteiger charge is -2.12. The summed E-state index contributed by atoms with van der Waals surface area (Å²) in [6.07, 6.45) is 2.25. The van der Waals surface area contributed by atoms with Crippen molar-refractivity contribution >= 4 is 33.3 Å². The molecule has 0 unspecified atom stereocenters. The van der Waals surface area contributed by atoms with Gasteiger partial charge in [0, 0.05) is 12.1 Å². The van der Waals surface area contributed by atoms with Gasteiger partial charge in [-0.05, 0) is 40.5 Å². The smallest absolute Gasteiger partial charge is 0.227 e. The van der Waals surface area contributed by atoms with E-state index < -0.39 is 0 Å². The van der Waals surface area contributed by atoms with Gasteiger partial charge in [-0.2, -0.15) is 0 Å². The first-order valence-corrected chi connectivity index (χ1v) is 6.97. The molecule has 2 aromatic rings. The largest absolute Gasteiger partial charge is 0.437 e. The molecule has 0 radical (unpaired) electrons. The summed E-state index contributed by atoms with van der Waals surface area (Å²) in [6.45, 7) is 2.03. The Bertz CT molecular complexity index is 592. The monoisotopic (exact) mass is 341 g/mol. The molecule has 0 saturated carbocycles. The highest BCUT2D eigenvalue weighted by atomic mass is 79.9. The van der Waals surface area contributed by atoms with E-state index in [0.717, 1.165) is 22.3 Å². The molecule has 2 rings (SSSR count). The molecule has 0 atom stereocenters. The molecule has 4 nitrogen and oxygen atoms in total. The number of nitrogens with one attached hydrogen (secondary N) is 1. The van der Waals surface area contributed by atoms with Gasteiger partial charge in [-0.3, -0.25) is 0 Å². The Balaban J connectivity index is 2.37. The minimum Gasteiger partial charge on any atom is -0.437 e. The molecule has 19 heavy (non-hydrogen) atoms. The number of aromatic nitrogens is 2. The van der Waals surface area contributed by atoms with Gasteiger partial charge in [-0.1, -0.05) is 18.5 Å². The number of hydrogen-bond donors (Lipinski definition) is 1. The second kappa shape index (κ2) is 6.21. The average molecular weight is 343 g/mol. The first kappa shape index (κ1) is 14.1. The van der Waals surface area contributed by atoms with Gasteiger partial charge >= 0.3 is 0 Å². The Kier molecular flexibility index (Phi) is 4.61. The molecule has 0 saturated heterocycles. The van der Waals surface area contributed by atoms with Crippen LogP contribution in [0.3, 0.4) is 0 Å². The van der Waals surface area contributed by atoms with Gasteiger partial charge in [0.05, 0.1) is 10.0 Å². The number of anilines is 1. The second-order valence-corrected chi connectivity index (χ2v) is 5.08. The topological polar surface area (TPSA) is 47.0 Å². The highest BCUT2D eigenvalue weighted by molar-refractivity contribution is 9.10. The van der Waals surface area contributed by atoms with Crippen molar-refractivity contribution in [3.05, 3.63) is 39.6 Å². The summed E-state index contributed by atoms with van der Waals surface area (Å²) in [5.41, 5.74) is 0.937. The molecule has 100 valence electrons. The van der Waals surface area contributed by atoms with E-state index in [1.807, 2.05) is 14.0 Å². The maximum Gasteiger partial charge on any atom is 0.227 e. The summed E-state index contributed by atoms with van der Waals surface area (Å²) in [6, 6.07) is 5.35. The molecular formula is C13H13BrClN3O. The normalized spacial score (nSPS) is 10.3. The average Bonchev–Trinajstić information content (AvgIpc) is 2.41. The van der Waals surface area contributed by atoms with Crippen LogP contribution in [0.5, 0.6) is 11.6 Å². The van der Waals surface area contributed by atoms with Crippen molar-refractivity contribution in [3.8, 4) is 11.6 Å². The quantitative estimate of drug-likeness (QED) is 0.900. The van der Waals surface area contributed by atoms with Crippen molar-refractivity contribution in [1.82, 2.24) is 9.97 Å². The Morgan fingerprint density at radius 1 is 1.37 bits per heavy atom. The van der Waals surface area contributed by atoms with E-state index in [9.17, 15) is 0 Å². The van der Waals surface area contributed by atoms with Crippen molar-refractivity contribution in [2.75, 3.05) is 12.4 Å². The van der Waals surface area contributed by atoms with Crippen molar-refractivity contribution in [1.29, 1.82) is 0 Å². The van der Waals surface area contributed by atoms with E-state index in [2.05, 4.69) is 31.2 Å². The fraction of sp³-hybridized carbons (Fsp3) is 0.231. The molecule has 6 heteroatoms. The predicted molar refractivity (Wildman–Crippen MR) is 80.2 cm³/mol. The zero-order valence-electron chi connectivity index (χ0n) is 10.6. The molecule has 1 heterocycles. The van der Waals surface area contributed by atoms with Crippen LogP contribution in [0.2, 0.25) is 5.02 Å². The van der Waals surface area contributed by atoms with Crippen LogP contribution in [0.4, 0.5) is 5.82 Å². The lowest BCUT2D eigenvalue weighted by atomic mass is 10.2. The molecule has 1 aromatic carbocycles. The fourth-order valence-corrected chi connectivity index (χ4v) is 2.44. The van der Waals surface area contributed by atoms with E-state index in [0.29, 0.717) is 16.7 Å². The molecular weight excluding hydrogens is 330 g/mol. The highest BCUT2D eigenvalue weighted by Gasteiger charge is 2.12. The van der Waals surface area contributed by atoms with Crippen LogP contribution >= 0.6 is 27.5 Å². The summed E-state index contributed by atoms with van der Waals surface area (Å²) in [5, 5.41) is 3.68. The molecule has 0 aliphatic heterocycles. The summed E-state index contributed by atoms with van der Waals surface area (Å²) in [7, 11) is 1.82. The van der Waals surface area contributed by atoms with Crippen LogP contribution in [-0.4, -0.2) is 17.0 Å². The van der Waals surface area contributed by atoms with E-state index in [1.54, 1.807) is 18.2 Å². The Morgan fingerprint density at radius 2 is 2.16 bits per heavy atom. The Hall–Kier alpha value is -1.33. The van der Waals surface area contributed by atoms with Crippen molar-refractivity contribution < 1.29 is 4.74 Å². The Labute approximate surface area is 125 Å². The minimum atomic E-state index is 0.546. The highest BCUT2D eigenvalue weighted by Crippen LogP contribution is 2.33. The van der Waals surface area contributed by atoms with Crippen LogP contribution in [0.25, 0.3) is 0 Å². The second-order valence-electron chi connectivity index (χ2n) is 3.79. The third-order valence-electron chi connectivity index (χ3n) is 2.60. The predicted octanol–water partition coefficient (Wildman–Crippen LogP) is 4.29. The fourth-order valence-electron chi connectivity index (χ4n) is 1.68.